The van der Waals surface area contributed by atoms with Gasteiger partial charge < -0.3 is 18.6 Å². The topological polar surface area (TPSA) is 91.1 Å². The van der Waals surface area contributed by atoms with Crippen LogP contribution in [0.3, 0.4) is 0 Å². The molecule has 196 valence electrons. The van der Waals surface area contributed by atoms with E-state index in [1.807, 2.05) is 64.1 Å². The number of esters is 1. The maximum Gasteiger partial charge on any atom is 0.410 e. The van der Waals surface area contributed by atoms with Crippen LogP contribution in [0.15, 0.2) is 47.1 Å². The summed E-state index contributed by atoms with van der Waals surface area (Å²) in [5.41, 5.74) is 5.23. The SMILES string of the molecule is COC(=O)CCc1ccc(OCCc2coc(-c3cccc(C)c3)n2)c2c1CN(C(=O)OC(C)(C)C)C2. The molecule has 0 saturated carbocycles. The Morgan fingerprint density at radius 2 is 1.86 bits per heavy atom. The van der Waals surface area contributed by atoms with E-state index in [0.717, 1.165) is 33.5 Å². The lowest BCUT2D eigenvalue weighted by atomic mass is 9.99. The molecule has 0 saturated heterocycles. The number of benzene rings is 2. The van der Waals surface area contributed by atoms with Crippen molar-refractivity contribution in [3.8, 4) is 17.2 Å². The molecule has 0 atom stereocenters. The number of hydrogen-bond donors (Lipinski definition) is 0. The summed E-state index contributed by atoms with van der Waals surface area (Å²) >= 11 is 0. The van der Waals surface area contributed by atoms with Gasteiger partial charge in [0.1, 0.15) is 17.6 Å². The first-order valence-electron chi connectivity index (χ1n) is 12.5. The number of carbonyl (C=O) groups is 2. The fourth-order valence-corrected chi connectivity index (χ4v) is 4.29. The summed E-state index contributed by atoms with van der Waals surface area (Å²) in [6.45, 7) is 8.76. The van der Waals surface area contributed by atoms with Crippen molar-refractivity contribution in [1.82, 2.24) is 9.88 Å². The standard InChI is InChI=1S/C29H34N2O6/c1-19-7-6-8-21(15-19)27-30-22(18-36-27)13-14-35-25-11-9-20(10-12-26(32)34-5)23-16-31(17-24(23)25)28(33)37-29(2,3)4/h6-9,11,15,18H,10,12-14,16-17H2,1-5H3. The van der Waals surface area contributed by atoms with Crippen LogP contribution in [0.2, 0.25) is 0 Å². The summed E-state index contributed by atoms with van der Waals surface area (Å²) < 4.78 is 22.2. The molecule has 8 nitrogen and oxygen atoms in total. The molecule has 0 bridgehead atoms. The van der Waals surface area contributed by atoms with E-state index in [1.165, 1.54) is 7.11 Å². The second-order valence-electron chi connectivity index (χ2n) is 10.2. The van der Waals surface area contributed by atoms with E-state index in [9.17, 15) is 9.59 Å². The fraction of sp³-hybridized carbons (Fsp3) is 0.414. The van der Waals surface area contributed by atoms with E-state index < -0.39 is 5.60 Å². The van der Waals surface area contributed by atoms with E-state index in [4.69, 9.17) is 18.6 Å². The Morgan fingerprint density at radius 3 is 2.59 bits per heavy atom. The molecule has 1 aliphatic heterocycles. The fourth-order valence-electron chi connectivity index (χ4n) is 4.29. The number of aryl methyl sites for hydroxylation is 2. The number of hydrogen-bond acceptors (Lipinski definition) is 7. The second-order valence-corrected chi connectivity index (χ2v) is 10.2. The number of amides is 1. The third-order valence-electron chi connectivity index (χ3n) is 6.09. The number of ether oxygens (including phenoxy) is 3. The van der Waals surface area contributed by atoms with Crippen LogP contribution in [-0.2, 0) is 40.2 Å². The first kappa shape index (κ1) is 26.3. The Kier molecular flexibility index (Phi) is 7.86. The van der Waals surface area contributed by atoms with Gasteiger partial charge in [0.05, 0.1) is 32.5 Å². The molecule has 0 radical (unpaired) electrons. The quantitative estimate of drug-likeness (QED) is 0.366. The van der Waals surface area contributed by atoms with E-state index in [1.54, 1.807) is 11.2 Å². The molecule has 0 N–H and O–H groups in total. The number of nitrogens with zero attached hydrogens (tertiary/aromatic N) is 2. The number of methoxy groups -OCH3 is 1. The van der Waals surface area contributed by atoms with Gasteiger partial charge in [-0.2, -0.15) is 0 Å². The highest BCUT2D eigenvalue weighted by molar-refractivity contribution is 5.71. The molecule has 1 amide bonds. The van der Waals surface area contributed by atoms with Crippen LogP contribution in [0.5, 0.6) is 5.75 Å². The number of fused-ring (bicyclic) bond motifs is 1. The highest BCUT2D eigenvalue weighted by atomic mass is 16.6. The number of aromatic nitrogens is 1. The van der Waals surface area contributed by atoms with Crippen LogP contribution in [0.1, 0.15) is 55.1 Å². The third-order valence-corrected chi connectivity index (χ3v) is 6.09. The summed E-state index contributed by atoms with van der Waals surface area (Å²) in [5.74, 6) is 1.03. The summed E-state index contributed by atoms with van der Waals surface area (Å²) in [5, 5.41) is 0. The molecule has 1 aliphatic rings. The van der Waals surface area contributed by atoms with E-state index >= 15 is 0 Å². The Labute approximate surface area is 217 Å². The zero-order chi connectivity index (χ0) is 26.6. The minimum Gasteiger partial charge on any atom is -0.493 e. The summed E-state index contributed by atoms with van der Waals surface area (Å²) in [6.07, 6.45) is 2.65. The second kappa shape index (κ2) is 11.1. The maximum absolute atomic E-state index is 12.8. The summed E-state index contributed by atoms with van der Waals surface area (Å²) in [7, 11) is 1.38. The highest BCUT2D eigenvalue weighted by Crippen LogP contribution is 2.35. The van der Waals surface area contributed by atoms with Gasteiger partial charge in [0, 0.05) is 24.0 Å². The molecule has 4 rings (SSSR count). The van der Waals surface area contributed by atoms with Gasteiger partial charge in [0.2, 0.25) is 5.89 Å². The zero-order valence-corrected chi connectivity index (χ0v) is 22.1. The average Bonchev–Trinajstić information content (AvgIpc) is 3.50. The molecule has 2 aromatic carbocycles. The molecular formula is C29H34N2O6. The summed E-state index contributed by atoms with van der Waals surface area (Å²) in [6, 6.07) is 11.9. The monoisotopic (exact) mass is 506 g/mol. The average molecular weight is 507 g/mol. The molecular weight excluding hydrogens is 472 g/mol. The first-order chi connectivity index (χ1) is 17.6. The lowest BCUT2D eigenvalue weighted by Crippen LogP contribution is -2.33. The van der Waals surface area contributed by atoms with Gasteiger partial charge >= 0.3 is 12.1 Å². The van der Waals surface area contributed by atoms with Crippen LogP contribution in [0.4, 0.5) is 4.79 Å². The number of oxazole rings is 1. The van der Waals surface area contributed by atoms with Crippen LogP contribution >= 0.6 is 0 Å². The Morgan fingerprint density at radius 1 is 1.08 bits per heavy atom. The maximum atomic E-state index is 12.8. The van der Waals surface area contributed by atoms with Gasteiger partial charge in [-0.3, -0.25) is 9.69 Å². The van der Waals surface area contributed by atoms with Gasteiger partial charge in [0.15, 0.2) is 0 Å². The molecule has 8 heteroatoms. The van der Waals surface area contributed by atoms with Gasteiger partial charge in [-0.1, -0.05) is 23.8 Å². The van der Waals surface area contributed by atoms with Gasteiger partial charge in [-0.15, -0.1) is 0 Å². The van der Waals surface area contributed by atoms with Gasteiger partial charge in [0.25, 0.3) is 0 Å². The van der Waals surface area contributed by atoms with E-state index in [2.05, 4.69) is 4.98 Å². The van der Waals surface area contributed by atoms with Crippen molar-refractivity contribution in [3.05, 3.63) is 70.6 Å². The van der Waals surface area contributed by atoms with E-state index in [0.29, 0.717) is 44.2 Å². The van der Waals surface area contributed by atoms with Crippen molar-refractivity contribution in [2.45, 2.75) is 65.6 Å². The first-order valence-corrected chi connectivity index (χ1v) is 12.5. The van der Waals surface area contributed by atoms with Crippen molar-refractivity contribution in [1.29, 1.82) is 0 Å². The molecule has 1 aromatic heterocycles. The van der Waals surface area contributed by atoms with Crippen molar-refractivity contribution < 1.29 is 28.2 Å². The van der Waals surface area contributed by atoms with Gasteiger partial charge in [-0.25, -0.2) is 9.78 Å². The normalized spacial score (nSPS) is 12.8. The van der Waals surface area contributed by atoms with Crippen molar-refractivity contribution in [2.24, 2.45) is 0 Å². The summed E-state index contributed by atoms with van der Waals surface area (Å²) in [4.78, 5) is 30.8. The number of carbonyl (C=O) groups excluding carboxylic acids is 2. The molecule has 0 spiro atoms. The Bertz CT molecular complexity index is 1270. The molecule has 3 aromatic rings. The highest BCUT2D eigenvalue weighted by Gasteiger charge is 2.31. The zero-order valence-electron chi connectivity index (χ0n) is 22.1. The van der Waals surface area contributed by atoms with Crippen molar-refractivity contribution in [2.75, 3.05) is 13.7 Å². The molecule has 37 heavy (non-hydrogen) atoms. The lowest BCUT2D eigenvalue weighted by Gasteiger charge is -2.24. The van der Waals surface area contributed by atoms with Crippen LogP contribution in [0, 0.1) is 6.92 Å². The smallest absolute Gasteiger partial charge is 0.410 e. The Balaban J connectivity index is 1.46. The van der Waals surface area contributed by atoms with Crippen LogP contribution < -0.4 is 4.74 Å². The predicted molar refractivity (Wildman–Crippen MR) is 138 cm³/mol. The molecule has 2 heterocycles. The van der Waals surface area contributed by atoms with E-state index in [-0.39, 0.29) is 18.5 Å². The lowest BCUT2D eigenvalue weighted by molar-refractivity contribution is -0.140. The van der Waals surface area contributed by atoms with Crippen molar-refractivity contribution in [3.63, 3.8) is 0 Å². The predicted octanol–water partition coefficient (Wildman–Crippen LogP) is 5.63. The van der Waals surface area contributed by atoms with Crippen LogP contribution in [-0.4, -0.2) is 41.3 Å². The largest absolute Gasteiger partial charge is 0.493 e. The molecule has 0 fully saturated rings. The minimum absolute atomic E-state index is 0.269. The molecule has 0 aliphatic carbocycles. The van der Waals surface area contributed by atoms with Gasteiger partial charge in [-0.05, 0) is 63.4 Å². The molecule has 0 unspecified atom stereocenters. The minimum atomic E-state index is -0.589. The Hall–Kier alpha value is -3.81. The third kappa shape index (κ3) is 6.70. The van der Waals surface area contributed by atoms with Crippen LogP contribution in [0.25, 0.3) is 11.5 Å². The number of rotatable bonds is 8. The van der Waals surface area contributed by atoms with Crippen molar-refractivity contribution >= 4 is 12.1 Å².